The van der Waals surface area contributed by atoms with Gasteiger partial charge in [-0.2, -0.15) is 0 Å². The van der Waals surface area contributed by atoms with Crippen LogP contribution in [0.5, 0.6) is 0 Å². The summed E-state index contributed by atoms with van der Waals surface area (Å²) >= 11 is 3.22. The second-order valence-electron chi connectivity index (χ2n) is 2.61. The smallest absolute Gasteiger partial charge is 0.0548 e. The summed E-state index contributed by atoms with van der Waals surface area (Å²) in [5.74, 6) is 0.628. The third kappa shape index (κ3) is 8.62. The normalized spacial score (nSPS) is 12.0. The second kappa shape index (κ2) is 4.44. The van der Waals surface area contributed by atoms with E-state index in [1.54, 1.807) is 11.9 Å². The maximum absolute atomic E-state index is 5.24. The van der Waals surface area contributed by atoms with Crippen molar-refractivity contribution < 1.29 is 0 Å². The average molecular weight is 166 g/mol. The quantitative estimate of drug-likeness (QED) is 0.379. The molecule has 0 rings (SSSR count). The zero-order valence-electron chi connectivity index (χ0n) is 6.10. The summed E-state index contributed by atoms with van der Waals surface area (Å²) in [6, 6.07) is 0. The molecule has 0 aliphatic carbocycles. The zero-order valence-corrected chi connectivity index (χ0v) is 7.73. The molecule has 0 fully saturated rings. The Morgan fingerprint density at radius 3 is 2.33 bits per heavy atom. The van der Waals surface area contributed by atoms with E-state index >= 15 is 0 Å². The van der Waals surface area contributed by atoms with Crippen LogP contribution in [0, 0.1) is 0 Å². The van der Waals surface area contributed by atoms with Gasteiger partial charge in [-0.25, -0.2) is 4.13 Å². The Morgan fingerprint density at radius 1 is 1.44 bits per heavy atom. The number of nitrogens with one attached hydrogen (secondary N) is 1. The van der Waals surface area contributed by atoms with Crippen molar-refractivity contribution in [2.45, 2.75) is 25.5 Å². The van der Waals surface area contributed by atoms with E-state index in [2.05, 4.69) is 24.9 Å². The lowest BCUT2D eigenvalue weighted by atomic mass is 10.3. The monoisotopic (exact) mass is 166 g/mol. The van der Waals surface area contributed by atoms with E-state index in [0.29, 0.717) is 5.88 Å². The van der Waals surface area contributed by atoms with Crippen LogP contribution >= 0.6 is 23.9 Å². The van der Waals surface area contributed by atoms with Gasteiger partial charge in [0.25, 0.3) is 0 Å². The van der Waals surface area contributed by atoms with Crippen molar-refractivity contribution in [3.8, 4) is 0 Å². The molecule has 0 aliphatic heterocycles. The van der Waals surface area contributed by atoms with Crippen molar-refractivity contribution in [2.75, 3.05) is 5.88 Å². The lowest BCUT2D eigenvalue weighted by Crippen LogP contribution is -2.13. The fourth-order valence-electron chi connectivity index (χ4n) is 0.188. The first-order valence-electron chi connectivity index (χ1n) is 2.81. The molecular formula is C5H14N2S2. The highest BCUT2D eigenvalue weighted by atomic mass is 32.2. The van der Waals surface area contributed by atoms with Crippen LogP contribution in [0.1, 0.15) is 20.8 Å². The molecule has 9 heavy (non-hydrogen) atoms. The van der Waals surface area contributed by atoms with Crippen LogP contribution in [-0.4, -0.2) is 10.6 Å². The predicted octanol–water partition coefficient (Wildman–Crippen LogP) is 1.59. The van der Waals surface area contributed by atoms with Crippen LogP contribution in [0.15, 0.2) is 0 Å². The molecule has 0 saturated heterocycles. The third-order valence-electron chi connectivity index (χ3n) is 0.490. The van der Waals surface area contributed by atoms with E-state index in [9.17, 15) is 0 Å². The number of rotatable bonds is 3. The molecule has 4 heteroatoms. The van der Waals surface area contributed by atoms with Gasteiger partial charge in [-0.15, -0.1) is 0 Å². The lowest BCUT2D eigenvalue weighted by molar-refractivity contribution is 0.802. The Labute approximate surface area is 65.6 Å². The summed E-state index contributed by atoms with van der Waals surface area (Å²) in [7, 11) is 0. The highest BCUT2D eigenvalue weighted by Gasteiger charge is 2.09. The Hall–Kier alpha value is 0.620. The first-order valence-corrected chi connectivity index (χ1v) is 4.61. The van der Waals surface area contributed by atoms with E-state index < -0.39 is 0 Å². The average Bonchev–Trinajstić information content (AvgIpc) is 1.63. The van der Waals surface area contributed by atoms with Crippen molar-refractivity contribution in [3.05, 3.63) is 0 Å². The number of nitrogens with two attached hydrogens (primary N) is 1. The topological polar surface area (TPSA) is 38.0 Å². The minimum atomic E-state index is 0.280. The van der Waals surface area contributed by atoms with Crippen LogP contribution in [0.25, 0.3) is 0 Å². The minimum Gasteiger partial charge on any atom is -0.321 e. The standard InChI is InChI=1S/C5H14N2S2/c1-5(2,3)9-7-8-4-6/h7H,4,6H2,1-3H3. The van der Waals surface area contributed by atoms with Crippen LogP contribution in [0.2, 0.25) is 0 Å². The van der Waals surface area contributed by atoms with Gasteiger partial charge in [0.05, 0.1) is 5.88 Å². The summed E-state index contributed by atoms with van der Waals surface area (Å²) in [5, 5.41) is 0. The molecule has 0 amide bonds. The molecule has 0 spiro atoms. The summed E-state index contributed by atoms with van der Waals surface area (Å²) in [4.78, 5) is 0. The Kier molecular flexibility index (Phi) is 4.74. The van der Waals surface area contributed by atoms with Gasteiger partial charge in [-0.05, 0) is 20.8 Å². The van der Waals surface area contributed by atoms with E-state index in [1.807, 2.05) is 0 Å². The number of hydrogen-bond donors (Lipinski definition) is 2. The molecule has 0 radical (unpaired) electrons. The van der Waals surface area contributed by atoms with E-state index in [-0.39, 0.29) is 4.75 Å². The van der Waals surface area contributed by atoms with Crippen molar-refractivity contribution >= 4 is 23.9 Å². The van der Waals surface area contributed by atoms with Crippen molar-refractivity contribution in [1.82, 2.24) is 4.13 Å². The Morgan fingerprint density at radius 2 is 2.00 bits per heavy atom. The van der Waals surface area contributed by atoms with Crippen LogP contribution < -0.4 is 9.86 Å². The first-order chi connectivity index (χ1) is 4.06. The van der Waals surface area contributed by atoms with Gasteiger partial charge in [0.2, 0.25) is 0 Å². The van der Waals surface area contributed by atoms with E-state index in [4.69, 9.17) is 5.73 Å². The molecule has 0 aromatic rings. The van der Waals surface area contributed by atoms with Gasteiger partial charge in [0, 0.05) is 4.75 Å². The third-order valence-corrected chi connectivity index (χ3v) is 2.07. The molecule has 0 unspecified atom stereocenters. The van der Waals surface area contributed by atoms with Gasteiger partial charge in [0.1, 0.15) is 0 Å². The first kappa shape index (κ1) is 9.62. The molecule has 0 aromatic heterocycles. The van der Waals surface area contributed by atoms with E-state index in [1.165, 1.54) is 11.9 Å². The highest BCUT2D eigenvalue weighted by Crippen LogP contribution is 2.21. The molecule has 2 nitrogen and oxygen atoms in total. The SMILES string of the molecule is CC(C)(C)SNSCN. The molecule has 3 N–H and O–H groups in total. The van der Waals surface area contributed by atoms with Gasteiger partial charge < -0.3 is 5.73 Å². The molecule has 0 aliphatic rings. The van der Waals surface area contributed by atoms with Crippen LogP contribution in [0.3, 0.4) is 0 Å². The number of hydrogen-bond acceptors (Lipinski definition) is 4. The maximum atomic E-state index is 5.24. The van der Waals surface area contributed by atoms with Crippen LogP contribution in [0.4, 0.5) is 0 Å². The fraction of sp³-hybridized carbons (Fsp3) is 1.00. The molecule has 0 saturated carbocycles. The van der Waals surface area contributed by atoms with Crippen molar-refractivity contribution in [1.29, 1.82) is 0 Å². The molecule has 0 aromatic carbocycles. The largest absolute Gasteiger partial charge is 0.321 e. The summed E-state index contributed by atoms with van der Waals surface area (Å²) in [6.07, 6.45) is 0. The van der Waals surface area contributed by atoms with Gasteiger partial charge >= 0.3 is 0 Å². The highest BCUT2D eigenvalue weighted by molar-refractivity contribution is 8.13. The van der Waals surface area contributed by atoms with Gasteiger partial charge in [-0.3, -0.25) is 0 Å². The van der Waals surface area contributed by atoms with Crippen LogP contribution in [-0.2, 0) is 0 Å². The maximum Gasteiger partial charge on any atom is 0.0548 e. The van der Waals surface area contributed by atoms with E-state index in [0.717, 1.165) is 0 Å². The molecule has 0 heterocycles. The summed E-state index contributed by atoms with van der Waals surface area (Å²) < 4.78 is 3.36. The van der Waals surface area contributed by atoms with Crippen molar-refractivity contribution in [3.63, 3.8) is 0 Å². The second-order valence-corrected chi connectivity index (χ2v) is 5.33. The summed E-state index contributed by atoms with van der Waals surface area (Å²) in [5.41, 5.74) is 5.24. The van der Waals surface area contributed by atoms with Crippen molar-refractivity contribution in [2.24, 2.45) is 5.73 Å². The van der Waals surface area contributed by atoms with Gasteiger partial charge in [0.15, 0.2) is 0 Å². The predicted molar refractivity (Wildman–Crippen MR) is 47.1 cm³/mol. The lowest BCUT2D eigenvalue weighted by Gasteiger charge is -2.16. The zero-order chi connectivity index (χ0) is 7.33. The minimum absolute atomic E-state index is 0.280. The summed E-state index contributed by atoms with van der Waals surface area (Å²) in [6.45, 7) is 6.46. The molecule has 0 bridgehead atoms. The molecular weight excluding hydrogens is 152 g/mol. The molecule has 0 atom stereocenters. The Bertz CT molecular complexity index is 69.8. The van der Waals surface area contributed by atoms with Gasteiger partial charge in [-0.1, -0.05) is 23.9 Å². The Balaban J connectivity index is 3.07. The molecule has 56 valence electrons. The fourth-order valence-corrected chi connectivity index (χ4v) is 1.70.